The van der Waals surface area contributed by atoms with Gasteiger partial charge < -0.3 is 10.2 Å². The van der Waals surface area contributed by atoms with Gasteiger partial charge in [0.05, 0.1) is 11.7 Å². The lowest BCUT2D eigenvalue weighted by atomic mass is 10.1. The lowest BCUT2D eigenvalue weighted by Gasteiger charge is -2.36. The molecule has 1 saturated heterocycles. The molecule has 1 aliphatic heterocycles. The molecule has 1 aromatic heterocycles. The van der Waals surface area contributed by atoms with E-state index < -0.39 is 0 Å². The van der Waals surface area contributed by atoms with Crippen LogP contribution < -0.4 is 5.32 Å². The summed E-state index contributed by atoms with van der Waals surface area (Å²) in [7, 11) is 4.16. The van der Waals surface area contributed by atoms with Crippen LogP contribution in [0, 0.1) is 12.7 Å². The predicted octanol–water partition coefficient (Wildman–Crippen LogP) is 1.66. The zero-order valence-corrected chi connectivity index (χ0v) is 12.8. The van der Waals surface area contributed by atoms with Crippen molar-refractivity contribution in [3.63, 3.8) is 0 Å². The van der Waals surface area contributed by atoms with E-state index in [0.717, 1.165) is 26.1 Å². The van der Waals surface area contributed by atoms with Crippen molar-refractivity contribution in [1.29, 1.82) is 0 Å². The molecule has 0 spiro atoms. The summed E-state index contributed by atoms with van der Waals surface area (Å²) in [6, 6.07) is 0.121. The molecule has 0 bridgehead atoms. The Balaban J connectivity index is 2.28. The quantitative estimate of drug-likeness (QED) is 0.909. The van der Waals surface area contributed by atoms with Gasteiger partial charge in [0.2, 0.25) is 0 Å². The number of aromatic nitrogens is 2. The summed E-state index contributed by atoms with van der Waals surface area (Å²) in [6.45, 7) is 7.34. The average Bonchev–Trinajstić information content (AvgIpc) is 2.43. The SMILES string of the molecule is CCCNc1nc(C2CN(C)CCN2C)nc(C)c1F. The molecule has 1 aliphatic rings. The van der Waals surface area contributed by atoms with E-state index in [9.17, 15) is 4.39 Å². The molecule has 2 rings (SSSR count). The minimum absolute atomic E-state index is 0.121. The van der Waals surface area contributed by atoms with E-state index in [4.69, 9.17) is 0 Å². The molecule has 1 fully saturated rings. The fourth-order valence-corrected chi connectivity index (χ4v) is 2.38. The van der Waals surface area contributed by atoms with Crippen molar-refractivity contribution in [3.05, 3.63) is 17.3 Å². The lowest BCUT2D eigenvalue weighted by Crippen LogP contribution is -2.45. The highest BCUT2D eigenvalue weighted by Gasteiger charge is 2.27. The van der Waals surface area contributed by atoms with Crippen molar-refractivity contribution in [2.24, 2.45) is 0 Å². The maximum atomic E-state index is 14.0. The molecule has 0 saturated carbocycles. The highest BCUT2D eigenvalue weighted by Crippen LogP contribution is 2.23. The largest absolute Gasteiger partial charge is 0.368 e. The summed E-state index contributed by atoms with van der Waals surface area (Å²) in [5.74, 6) is 0.696. The number of nitrogens with one attached hydrogen (secondary N) is 1. The van der Waals surface area contributed by atoms with Crippen LogP contribution in [0.4, 0.5) is 10.2 Å². The van der Waals surface area contributed by atoms with Crippen molar-refractivity contribution in [3.8, 4) is 0 Å². The first-order valence-electron chi connectivity index (χ1n) is 7.19. The van der Waals surface area contributed by atoms with Gasteiger partial charge in [0.15, 0.2) is 11.6 Å². The number of hydrogen-bond donors (Lipinski definition) is 1. The molecule has 1 unspecified atom stereocenters. The van der Waals surface area contributed by atoms with Gasteiger partial charge in [0.25, 0.3) is 0 Å². The van der Waals surface area contributed by atoms with Crippen LogP contribution >= 0.6 is 0 Å². The zero-order valence-electron chi connectivity index (χ0n) is 12.8. The van der Waals surface area contributed by atoms with E-state index in [-0.39, 0.29) is 11.9 Å². The molecule has 2 heterocycles. The third-order valence-corrected chi connectivity index (χ3v) is 3.73. The van der Waals surface area contributed by atoms with E-state index in [1.54, 1.807) is 6.92 Å². The number of piperazine rings is 1. The Morgan fingerprint density at radius 3 is 2.75 bits per heavy atom. The summed E-state index contributed by atoms with van der Waals surface area (Å²) in [4.78, 5) is 13.3. The summed E-state index contributed by atoms with van der Waals surface area (Å²) in [5, 5.41) is 3.05. The summed E-state index contributed by atoms with van der Waals surface area (Å²) >= 11 is 0. The van der Waals surface area contributed by atoms with Gasteiger partial charge in [-0.2, -0.15) is 0 Å². The second-order valence-electron chi connectivity index (χ2n) is 5.52. The Bertz CT molecular complexity index is 465. The third kappa shape index (κ3) is 3.24. The summed E-state index contributed by atoms with van der Waals surface area (Å²) in [5.41, 5.74) is 0.412. The van der Waals surface area contributed by atoms with Gasteiger partial charge in [-0.1, -0.05) is 6.92 Å². The molecular weight excluding hydrogens is 257 g/mol. The van der Waals surface area contributed by atoms with Gasteiger partial charge in [0.1, 0.15) is 5.82 Å². The number of likely N-dealkylation sites (N-methyl/N-ethyl adjacent to an activating group) is 2. The number of hydrogen-bond acceptors (Lipinski definition) is 5. The standard InChI is InChI=1S/C14H24FN5/c1-5-6-16-14-12(15)10(2)17-13(18-14)11-9-19(3)7-8-20(11)4/h11H,5-9H2,1-4H3,(H,16,17,18). The van der Waals surface area contributed by atoms with E-state index in [1.807, 2.05) is 6.92 Å². The molecule has 0 radical (unpaired) electrons. The Morgan fingerprint density at radius 1 is 1.30 bits per heavy atom. The molecule has 1 N–H and O–H groups in total. The Hall–Kier alpha value is -1.27. The minimum Gasteiger partial charge on any atom is -0.368 e. The van der Waals surface area contributed by atoms with Gasteiger partial charge in [-0.05, 0) is 27.4 Å². The maximum Gasteiger partial charge on any atom is 0.186 e. The van der Waals surface area contributed by atoms with Crippen LogP contribution in [0.15, 0.2) is 0 Å². The Labute approximate surface area is 120 Å². The van der Waals surface area contributed by atoms with Crippen molar-refractivity contribution in [2.75, 3.05) is 45.6 Å². The van der Waals surface area contributed by atoms with E-state index in [2.05, 4.69) is 39.2 Å². The first-order valence-corrected chi connectivity index (χ1v) is 7.19. The molecule has 112 valence electrons. The monoisotopic (exact) mass is 281 g/mol. The first kappa shape index (κ1) is 15.1. The van der Waals surface area contributed by atoms with Crippen LogP contribution in [0.5, 0.6) is 0 Å². The number of halogens is 1. The molecular formula is C14H24FN5. The molecule has 5 nitrogen and oxygen atoms in total. The highest BCUT2D eigenvalue weighted by molar-refractivity contribution is 5.38. The van der Waals surface area contributed by atoms with Gasteiger partial charge >= 0.3 is 0 Å². The van der Waals surface area contributed by atoms with Crippen molar-refractivity contribution < 1.29 is 4.39 Å². The normalized spacial score (nSPS) is 21.1. The fourth-order valence-electron chi connectivity index (χ4n) is 2.38. The second-order valence-corrected chi connectivity index (χ2v) is 5.52. The van der Waals surface area contributed by atoms with Gasteiger partial charge in [-0.3, -0.25) is 4.90 Å². The maximum absolute atomic E-state index is 14.0. The first-order chi connectivity index (χ1) is 9.52. The van der Waals surface area contributed by atoms with Crippen LogP contribution in [0.25, 0.3) is 0 Å². The molecule has 0 aliphatic carbocycles. The van der Waals surface area contributed by atoms with Gasteiger partial charge in [-0.25, -0.2) is 14.4 Å². The van der Waals surface area contributed by atoms with Crippen molar-refractivity contribution >= 4 is 5.82 Å². The van der Waals surface area contributed by atoms with Crippen LogP contribution in [-0.4, -0.2) is 60.0 Å². The molecule has 20 heavy (non-hydrogen) atoms. The summed E-state index contributed by atoms with van der Waals surface area (Å²) < 4.78 is 14.0. The Morgan fingerprint density at radius 2 is 2.05 bits per heavy atom. The molecule has 6 heteroatoms. The van der Waals surface area contributed by atoms with E-state index in [0.29, 0.717) is 23.9 Å². The van der Waals surface area contributed by atoms with E-state index in [1.165, 1.54) is 0 Å². The third-order valence-electron chi connectivity index (χ3n) is 3.73. The number of nitrogens with zero attached hydrogens (tertiary/aromatic N) is 4. The topological polar surface area (TPSA) is 44.3 Å². The zero-order chi connectivity index (χ0) is 14.7. The highest BCUT2D eigenvalue weighted by atomic mass is 19.1. The smallest absolute Gasteiger partial charge is 0.186 e. The van der Waals surface area contributed by atoms with Crippen LogP contribution in [0.2, 0.25) is 0 Å². The molecule has 1 aromatic rings. The van der Waals surface area contributed by atoms with Gasteiger partial charge in [-0.15, -0.1) is 0 Å². The molecule has 1 atom stereocenters. The number of anilines is 1. The van der Waals surface area contributed by atoms with Crippen LogP contribution in [0.3, 0.4) is 0 Å². The number of aryl methyl sites for hydroxylation is 1. The molecule has 0 amide bonds. The number of rotatable bonds is 4. The minimum atomic E-state index is -0.339. The van der Waals surface area contributed by atoms with Crippen molar-refractivity contribution in [2.45, 2.75) is 26.3 Å². The van der Waals surface area contributed by atoms with Crippen LogP contribution in [0.1, 0.15) is 30.9 Å². The van der Waals surface area contributed by atoms with Crippen LogP contribution in [-0.2, 0) is 0 Å². The Kier molecular flexibility index (Phi) is 4.88. The second kappa shape index (κ2) is 6.45. The molecule has 0 aromatic carbocycles. The van der Waals surface area contributed by atoms with Crippen molar-refractivity contribution in [1.82, 2.24) is 19.8 Å². The lowest BCUT2D eigenvalue weighted by molar-refractivity contribution is 0.109. The summed E-state index contributed by atoms with van der Waals surface area (Å²) in [6.07, 6.45) is 0.934. The van der Waals surface area contributed by atoms with E-state index >= 15 is 0 Å². The average molecular weight is 281 g/mol. The van der Waals surface area contributed by atoms with Gasteiger partial charge in [0, 0.05) is 26.2 Å². The fraction of sp³-hybridized carbons (Fsp3) is 0.714. The predicted molar refractivity (Wildman–Crippen MR) is 78.4 cm³/mol.